The van der Waals surface area contributed by atoms with Gasteiger partial charge in [0.25, 0.3) is 0 Å². The van der Waals surface area contributed by atoms with Crippen molar-refractivity contribution >= 4 is 11.6 Å². The normalized spacial score (nSPS) is 10.8. The first-order chi connectivity index (χ1) is 11.5. The molecule has 0 atom stereocenters. The minimum Gasteiger partial charge on any atom is -0.305 e. The molecular formula is C20H29N3O. The number of hydrogen-bond donors (Lipinski definition) is 0. The predicted molar refractivity (Wildman–Crippen MR) is 99.1 cm³/mol. The molecule has 0 aliphatic rings. The monoisotopic (exact) mass is 327 g/mol. The van der Waals surface area contributed by atoms with E-state index >= 15 is 0 Å². The molecule has 130 valence electrons. The van der Waals surface area contributed by atoms with Crippen LogP contribution in [0.4, 0.5) is 5.69 Å². The van der Waals surface area contributed by atoms with Gasteiger partial charge in [-0.25, -0.2) is 0 Å². The smallest absolute Gasteiger partial charge is 0.227 e. The van der Waals surface area contributed by atoms with Gasteiger partial charge in [0.2, 0.25) is 5.91 Å². The summed E-state index contributed by atoms with van der Waals surface area (Å²) in [6, 6.07) is 10.2. The van der Waals surface area contributed by atoms with Crippen molar-refractivity contribution in [3.8, 4) is 0 Å². The number of amides is 1. The molecule has 0 unspecified atom stereocenters. The van der Waals surface area contributed by atoms with Gasteiger partial charge in [0.15, 0.2) is 0 Å². The second-order valence-electron chi connectivity index (χ2n) is 6.42. The van der Waals surface area contributed by atoms with Gasteiger partial charge in [-0.2, -0.15) is 5.10 Å². The zero-order chi connectivity index (χ0) is 17.5. The Morgan fingerprint density at radius 1 is 1.12 bits per heavy atom. The van der Waals surface area contributed by atoms with Gasteiger partial charge in [0.1, 0.15) is 0 Å². The lowest BCUT2D eigenvalue weighted by molar-refractivity contribution is -0.118. The summed E-state index contributed by atoms with van der Waals surface area (Å²) in [6.07, 6.45) is 5.04. The van der Waals surface area contributed by atoms with Crippen molar-refractivity contribution in [1.82, 2.24) is 9.78 Å². The highest BCUT2D eigenvalue weighted by Crippen LogP contribution is 2.27. The largest absolute Gasteiger partial charge is 0.305 e. The van der Waals surface area contributed by atoms with Crippen LogP contribution in [-0.2, 0) is 18.4 Å². The zero-order valence-electron chi connectivity index (χ0n) is 15.4. The Kier molecular flexibility index (Phi) is 6.59. The Bertz CT molecular complexity index is 661. The summed E-state index contributed by atoms with van der Waals surface area (Å²) >= 11 is 0. The van der Waals surface area contributed by atoms with Crippen LogP contribution in [-0.4, -0.2) is 15.7 Å². The van der Waals surface area contributed by atoms with Crippen LogP contribution in [0.1, 0.15) is 56.0 Å². The van der Waals surface area contributed by atoms with E-state index in [9.17, 15) is 4.79 Å². The first-order valence-electron chi connectivity index (χ1n) is 8.89. The van der Waals surface area contributed by atoms with E-state index in [1.165, 1.54) is 12.8 Å². The maximum Gasteiger partial charge on any atom is 0.227 e. The van der Waals surface area contributed by atoms with E-state index in [2.05, 4.69) is 24.2 Å². The second kappa shape index (κ2) is 8.67. The molecule has 0 saturated heterocycles. The molecule has 0 aliphatic heterocycles. The number of anilines is 1. The van der Waals surface area contributed by atoms with Crippen molar-refractivity contribution in [3.63, 3.8) is 0 Å². The van der Waals surface area contributed by atoms with Gasteiger partial charge < -0.3 is 4.90 Å². The summed E-state index contributed by atoms with van der Waals surface area (Å²) in [4.78, 5) is 14.8. The molecule has 0 bridgehead atoms. The van der Waals surface area contributed by atoms with Crippen molar-refractivity contribution < 1.29 is 4.79 Å². The van der Waals surface area contributed by atoms with E-state index in [-0.39, 0.29) is 5.91 Å². The summed E-state index contributed by atoms with van der Waals surface area (Å²) in [5, 5.41) is 4.49. The van der Waals surface area contributed by atoms with E-state index in [0.717, 1.165) is 35.5 Å². The van der Waals surface area contributed by atoms with Gasteiger partial charge in [-0.05, 0) is 25.8 Å². The highest BCUT2D eigenvalue weighted by atomic mass is 16.2. The summed E-state index contributed by atoms with van der Waals surface area (Å²) in [5.41, 5.74) is 4.04. The fourth-order valence-corrected chi connectivity index (χ4v) is 3.05. The molecule has 0 N–H and O–H groups in total. The Morgan fingerprint density at radius 3 is 2.42 bits per heavy atom. The number of benzene rings is 1. The molecular weight excluding hydrogens is 298 g/mol. The molecule has 0 spiro atoms. The number of aryl methyl sites for hydroxylation is 2. The highest BCUT2D eigenvalue weighted by Gasteiger charge is 2.22. The minimum absolute atomic E-state index is 0.189. The van der Waals surface area contributed by atoms with E-state index < -0.39 is 0 Å². The Morgan fingerprint density at radius 2 is 1.83 bits per heavy atom. The van der Waals surface area contributed by atoms with Crippen molar-refractivity contribution in [3.05, 3.63) is 47.3 Å². The average molecular weight is 327 g/mol. The summed E-state index contributed by atoms with van der Waals surface area (Å²) in [6.45, 7) is 6.79. The highest BCUT2D eigenvalue weighted by molar-refractivity contribution is 5.94. The van der Waals surface area contributed by atoms with Crippen LogP contribution in [0.25, 0.3) is 0 Å². The molecule has 1 aromatic carbocycles. The number of carbonyl (C=O) groups is 1. The van der Waals surface area contributed by atoms with Crippen LogP contribution >= 0.6 is 0 Å². The van der Waals surface area contributed by atoms with E-state index in [1.807, 2.05) is 48.7 Å². The van der Waals surface area contributed by atoms with Crippen LogP contribution in [0.5, 0.6) is 0 Å². The number of aromatic nitrogens is 2. The van der Waals surface area contributed by atoms with Crippen molar-refractivity contribution in [1.29, 1.82) is 0 Å². The summed E-state index contributed by atoms with van der Waals surface area (Å²) < 4.78 is 1.85. The molecule has 4 heteroatoms. The fraction of sp³-hybridized carbons (Fsp3) is 0.500. The molecule has 4 nitrogen and oxygen atoms in total. The molecule has 1 amide bonds. The lowest BCUT2D eigenvalue weighted by atomic mass is 10.1. The molecule has 2 aromatic rings. The standard InChI is InChI=1S/C20H29N3O/c1-5-6-7-11-14-19(24)23(15-18-12-9-8-10-13-18)20-16(2)21-22(4)17(20)3/h8-10,12-13H,5-7,11,14-15H2,1-4H3. The average Bonchev–Trinajstić information content (AvgIpc) is 2.83. The third-order valence-corrected chi connectivity index (χ3v) is 4.47. The summed E-state index contributed by atoms with van der Waals surface area (Å²) in [5.74, 6) is 0.189. The van der Waals surface area contributed by atoms with Crippen molar-refractivity contribution in [2.24, 2.45) is 7.05 Å². The SMILES string of the molecule is CCCCCCC(=O)N(Cc1ccccc1)c1c(C)nn(C)c1C. The first kappa shape index (κ1) is 18.2. The second-order valence-corrected chi connectivity index (χ2v) is 6.42. The molecule has 0 saturated carbocycles. The maximum absolute atomic E-state index is 12.9. The quantitative estimate of drug-likeness (QED) is 0.668. The Hall–Kier alpha value is -2.10. The maximum atomic E-state index is 12.9. The predicted octanol–water partition coefficient (Wildman–Crippen LogP) is 4.54. The van der Waals surface area contributed by atoms with Crippen LogP contribution < -0.4 is 4.90 Å². The number of nitrogens with zero attached hydrogens (tertiary/aromatic N) is 3. The lowest BCUT2D eigenvalue weighted by Crippen LogP contribution is -2.31. The van der Waals surface area contributed by atoms with E-state index in [1.54, 1.807) is 0 Å². The zero-order valence-corrected chi connectivity index (χ0v) is 15.4. The summed E-state index contributed by atoms with van der Waals surface area (Å²) in [7, 11) is 1.93. The van der Waals surface area contributed by atoms with Gasteiger partial charge in [-0.1, -0.05) is 56.5 Å². The molecule has 24 heavy (non-hydrogen) atoms. The number of rotatable bonds is 8. The van der Waals surface area contributed by atoms with Gasteiger partial charge in [-0.15, -0.1) is 0 Å². The topological polar surface area (TPSA) is 38.1 Å². The Balaban J connectivity index is 2.22. The fourth-order valence-electron chi connectivity index (χ4n) is 3.05. The third-order valence-electron chi connectivity index (χ3n) is 4.47. The number of hydrogen-bond acceptors (Lipinski definition) is 2. The third kappa shape index (κ3) is 4.47. The molecule has 0 radical (unpaired) electrons. The van der Waals surface area contributed by atoms with E-state index in [4.69, 9.17) is 0 Å². The molecule has 0 fully saturated rings. The van der Waals surface area contributed by atoms with Gasteiger partial charge in [0, 0.05) is 13.5 Å². The Labute approximate surface area is 145 Å². The van der Waals surface area contributed by atoms with Gasteiger partial charge >= 0.3 is 0 Å². The number of carbonyl (C=O) groups excluding carboxylic acids is 1. The lowest BCUT2D eigenvalue weighted by Gasteiger charge is -2.23. The minimum atomic E-state index is 0.189. The molecule has 0 aliphatic carbocycles. The number of unbranched alkanes of at least 4 members (excludes halogenated alkanes) is 3. The van der Waals surface area contributed by atoms with Crippen LogP contribution in [0, 0.1) is 13.8 Å². The molecule has 1 aromatic heterocycles. The van der Waals surface area contributed by atoms with Gasteiger partial charge in [-0.3, -0.25) is 9.48 Å². The van der Waals surface area contributed by atoms with Gasteiger partial charge in [0.05, 0.1) is 23.6 Å². The first-order valence-corrected chi connectivity index (χ1v) is 8.89. The molecule has 1 heterocycles. The van der Waals surface area contributed by atoms with Crippen molar-refractivity contribution in [2.75, 3.05) is 4.90 Å². The van der Waals surface area contributed by atoms with Crippen molar-refractivity contribution in [2.45, 2.75) is 59.4 Å². The van der Waals surface area contributed by atoms with Crippen LogP contribution in [0.3, 0.4) is 0 Å². The van der Waals surface area contributed by atoms with Crippen LogP contribution in [0.15, 0.2) is 30.3 Å². The molecule has 2 rings (SSSR count). The van der Waals surface area contributed by atoms with Crippen LogP contribution in [0.2, 0.25) is 0 Å². The van der Waals surface area contributed by atoms with E-state index in [0.29, 0.717) is 13.0 Å².